The topological polar surface area (TPSA) is 115 Å². The molecule has 0 radical (unpaired) electrons. The molecule has 1 aromatic carbocycles. The summed E-state index contributed by atoms with van der Waals surface area (Å²) < 4.78 is 6.82. The van der Waals surface area contributed by atoms with Gasteiger partial charge in [-0.1, -0.05) is 5.16 Å². The number of amides is 1. The minimum absolute atomic E-state index is 0.0160. The zero-order chi connectivity index (χ0) is 15.2. The van der Waals surface area contributed by atoms with Crippen LogP contribution in [-0.2, 0) is 7.05 Å². The summed E-state index contributed by atoms with van der Waals surface area (Å²) >= 11 is 0. The van der Waals surface area contributed by atoms with Crippen molar-refractivity contribution in [3.8, 4) is 5.75 Å². The average molecular weight is 289 g/mol. The smallest absolute Gasteiger partial charge is 0.258 e. The van der Waals surface area contributed by atoms with Crippen LogP contribution in [0.2, 0.25) is 0 Å². The number of nitrogens with two attached hydrogens (primary N) is 1. The zero-order valence-electron chi connectivity index (χ0n) is 11.4. The van der Waals surface area contributed by atoms with Gasteiger partial charge in [0.2, 0.25) is 0 Å². The number of anilines is 1. The lowest BCUT2D eigenvalue weighted by Crippen LogP contribution is -2.20. The van der Waals surface area contributed by atoms with E-state index in [9.17, 15) is 4.79 Å². The monoisotopic (exact) mass is 289 g/mol. The molecule has 0 unspecified atom stereocenters. The van der Waals surface area contributed by atoms with Gasteiger partial charge < -0.3 is 21.0 Å². The lowest BCUT2D eigenvalue weighted by atomic mass is 10.2. The van der Waals surface area contributed by atoms with Gasteiger partial charge in [0.25, 0.3) is 5.91 Å². The van der Waals surface area contributed by atoms with Gasteiger partial charge in [-0.3, -0.25) is 9.48 Å². The zero-order valence-corrected chi connectivity index (χ0v) is 11.4. The Balaban J connectivity index is 1.94. The molecule has 0 atom stereocenters. The Labute approximate surface area is 120 Å². The summed E-state index contributed by atoms with van der Waals surface area (Å²) in [6.45, 7) is -0.0160. The molecule has 4 N–H and O–H groups in total. The highest BCUT2D eigenvalue weighted by Gasteiger charge is 2.08. The van der Waals surface area contributed by atoms with E-state index < -0.39 is 0 Å². The van der Waals surface area contributed by atoms with Crippen LogP contribution in [0.25, 0.3) is 0 Å². The number of benzene rings is 1. The molecule has 0 bridgehead atoms. The molecule has 0 spiro atoms. The number of nitrogens with zero attached hydrogens (tertiary/aromatic N) is 3. The normalized spacial score (nSPS) is 11.2. The molecule has 0 fully saturated rings. The Bertz CT molecular complexity index is 648. The fourth-order valence-corrected chi connectivity index (χ4v) is 1.56. The Morgan fingerprint density at radius 3 is 2.76 bits per heavy atom. The van der Waals surface area contributed by atoms with Gasteiger partial charge in [-0.25, -0.2) is 0 Å². The van der Waals surface area contributed by atoms with Crippen LogP contribution < -0.4 is 15.8 Å². The minimum Gasteiger partial charge on any atom is -0.486 e. The molecule has 0 aliphatic carbocycles. The van der Waals surface area contributed by atoms with Crippen molar-refractivity contribution in [1.29, 1.82) is 0 Å². The molecule has 0 saturated heterocycles. The lowest BCUT2D eigenvalue weighted by Gasteiger charge is -2.07. The van der Waals surface area contributed by atoms with Crippen LogP contribution in [0.1, 0.15) is 10.4 Å². The number of hydrogen-bond acceptors (Lipinski definition) is 5. The van der Waals surface area contributed by atoms with Crippen molar-refractivity contribution in [2.24, 2.45) is 17.9 Å². The second-order valence-electron chi connectivity index (χ2n) is 4.26. The van der Waals surface area contributed by atoms with Gasteiger partial charge in [-0.05, 0) is 24.3 Å². The maximum Gasteiger partial charge on any atom is 0.258 e. The Morgan fingerprint density at radius 2 is 2.19 bits per heavy atom. The summed E-state index contributed by atoms with van der Waals surface area (Å²) in [5.74, 6) is 0.276. The van der Waals surface area contributed by atoms with Crippen LogP contribution in [0.15, 0.2) is 41.8 Å². The van der Waals surface area contributed by atoms with Crippen molar-refractivity contribution >= 4 is 17.4 Å². The number of amidine groups is 1. The van der Waals surface area contributed by atoms with E-state index in [2.05, 4.69) is 15.6 Å². The van der Waals surface area contributed by atoms with Crippen LogP contribution in [0.5, 0.6) is 5.75 Å². The highest BCUT2D eigenvalue weighted by Crippen LogP contribution is 2.16. The molecule has 2 aromatic rings. The fraction of sp³-hybridized carbons (Fsp3) is 0.154. The molecule has 21 heavy (non-hydrogen) atoms. The van der Waals surface area contributed by atoms with E-state index in [1.807, 2.05) is 0 Å². The summed E-state index contributed by atoms with van der Waals surface area (Å²) in [6, 6.07) is 6.72. The summed E-state index contributed by atoms with van der Waals surface area (Å²) in [5, 5.41) is 17.9. The Kier molecular flexibility index (Phi) is 4.39. The molecule has 1 aromatic heterocycles. The number of carbonyl (C=O) groups is 1. The second kappa shape index (κ2) is 6.42. The van der Waals surface area contributed by atoms with Gasteiger partial charge >= 0.3 is 0 Å². The lowest BCUT2D eigenvalue weighted by molar-refractivity contribution is 0.102. The highest BCUT2D eigenvalue weighted by atomic mass is 16.5. The first kappa shape index (κ1) is 14.4. The number of aromatic nitrogens is 2. The quantitative estimate of drug-likeness (QED) is 0.326. The summed E-state index contributed by atoms with van der Waals surface area (Å²) in [7, 11) is 1.74. The van der Waals surface area contributed by atoms with E-state index in [0.29, 0.717) is 17.0 Å². The number of hydrogen-bond donors (Lipinski definition) is 3. The molecule has 2 rings (SSSR count). The SMILES string of the molecule is Cn1cc(C(=O)Nc2ccc(OC/C(N)=N/O)cc2)cn1. The molecular weight excluding hydrogens is 274 g/mol. The molecule has 110 valence electrons. The third-order valence-corrected chi connectivity index (χ3v) is 2.59. The van der Waals surface area contributed by atoms with E-state index in [4.69, 9.17) is 15.7 Å². The largest absolute Gasteiger partial charge is 0.486 e. The summed E-state index contributed by atoms with van der Waals surface area (Å²) in [5.41, 5.74) is 6.39. The first-order valence-electron chi connectivity index (χ1n) is 6.08. The predicted molar refractivity (Wildman–Crippen MR) is 76.5 cm³/mol. The van der Waals surface area contributed by atoms with Crippen LogP contribution in [0, 0.1) is 0 Å². The van der Waals surface area contributed by atoms with Crippen molar-refractivity contribution in [3.63, 3.8) is 0 Å². The van der Waals surface area contributed by atoms with Crippen molar-refractivity contribution in [1.82, 2.24) is 9.78 Å². The van der Waals surface area contributed by atoms with E-state index in [0.717, 1.165) is 0 Å². The molecule has 0 saturated carbocycles. The number of rotatable bonds is 5. The van der Waals surface area contributed by atoms with Gasteiger partial charge in [0.15, 0.2) is 5.84 Å². The minimum atomic E-state index is -0.242. The van der Waals surface area contributed by atoms with Crippen LogP contribution in [0.4, 0.5) is 5.69 Å². The second-order valence-corrected chi connectivity index (χ2v) is 4.26. The van der Waals surface area contributed by atoms with Gasteiger partial charge in [0.1, 0.15) is 12.4 Å². The maximum absolute atomic E-state index is 11.9. The van der Waals surface area contributed by atoms with E-state index >= 15 is 0 Å². The molecule has 0 aliphatic heterocycles. The predicted octanol–water partition coefficient (Wildman–Crippen LogP) is 0.798. The number of oxime groups is 1. The average Bonchev–Trinajstić information content (AvgIpc) is 2.93. The van der Waals surface area contributed by atoms with Gasteiger partial charge in [-0.2, -0.15) is 5.10 Å². The van der Waals surface area contributed by atoms with Crippen molar-refractivity contribution in [2.45, 2.75) is 0 Å². The Hall–Kier alpha value is -3.03. The molecule has 1 heterocycles. The fourth-order valence-electron chi connectivity index (χ4n) is 1.56. The van der Waals surface area contributed by atoms with Gasteiger partial charge in [-0.15, -0.1) is 0 Å². The Morgan fingerprint density at radius 1 is 1.48 bits per heavy atom. The van der Waals surface area contributed by atoms with Crippen molar-refractivity contribution in [3.05, 3.63) is 42.2 Å². The summed E-state index contributed by atoms with van der Waals surface area (Å²) in [4.78, 5) is 11.9. The number of aryl methyl sites for hydroxylation is 1. The molecule has 8 heteroatoms. The molecule has 1 amide bonds. The van der Waals surface area contributed by atoms with Gasteiger partial charge in [0.05, 0.1) is 11.8 Å². The first-order valence-corrected chi connectivity index (χ1v) is 6.08. The van der Waals surface area contributed by atoms with Crippen molar-refractivity contribution in [2.75, 3.05) is 11.9 Å². The van der Waals surface area contributed by atoms with E-state index in [1.165, 1.54) is 6.20 Å². The highest BCUT2D eigenvalue weighted by molar-refractivity contribution is 6.03. The molecular formula is C13H15N5O3. The van der Waals surface area contributed by atoms with Crippen LogP contribution in [-0.4, -0.2) is 33.3 Å². The number of ether oxygens (including phenoxy) is 1. The third-order valence-electron chi connectivity index (χ3n) is 2.59. The first-order chi connectivity index (χ1) is 10.1. The number of nitrogens with one attached hydrogen (secondary N) is 1. The molecule has 8 nitrogen and oxygen atoms in total. The van der Waals surface area contributed by atoms with Gasteiger partial charge in [0, 0.05) is 18.9 Å². The summed E-state index contributed by atoms with van der Waals surface area (Å²) in [6.07, 6.45) is 3.12. The van der Waals surface area contributed by atoms with E-state index in [-0.39, 0.29) is 18.3 Å². The third kappa shape index (κ3) is 3.96. The maximum atomic E-state index is 11.9. The van der Waals surface area contributed by atoms with E-state index in [1.54, 1.807) is 42.2 Å². The number of carbonyl (C=O) groups excluding carboxylic acids is 1. The standard InChI is InChI=1S/C13H15N5O3/c1-18-7-9(6-15-18)13(19)16-10-2-4-11(5-3-10)21-8-12(14)17-20/h2-7,20H,8H2,1H3,(H2,14,17)(H,16,19). The van der Waals surface area contributed by atoms with Crippen LogP contribution in [0.3, 0.4) is 0 Å². The van der Waals surface area contributed by atoms with Crippen LogP contribution >= 0.6 is 0 Å². The van der Waals surface area contributed by atoms with Crippen molar-refractivity contribution < 1.29 is 14.7 Å². The molecule has 0 aliphatic rings.